The Balaban J connectivity index is 2.92. The standard InChI is InChI=1S/C10H7NO2/c12-6-7-3-4-9(13)8-2-1-5-11-10(7)8/h1-6,13H. The number of phenolic OH excluding ortho intramolecular Hbond substituents is 1. The van der Waals surface area contributed by atoms with Crippen LogP contribution in [0, 0.1) is 0 Å². The van der Waals surface area contributed by atoms with Gasteiger partial charge < -0.3 is 5.11 Å². The fraction of sp³-hybridized carbons (Fsp3) is 0. The molecule has 0 atom stereocenters. The van der Waals surface area contributed by atoms with Crippen LogP contribution in [0.15, 0.2) is 30.5 Å². The fourth-order valence-electron chi connectivity index (χ4n) is 1.27. The van der Waals surface area contributed by atoms with Gasteiger partial charge in [0.1, 0.15) is 5.75 Å². The van der Waals surface area contributed by atoms with Crippen molar-refractivity contribution in [2.75, 3.05) is 0 Å². The highest BCUT2D eigenvalue weighted by Crippen LogP contribution is 2.24. The lowest BCUT2D eigenvalue weighted by Gasteiger charge is -2.00. The number of hydrogen-bond acceptors (Lipinski definition) is 3. The van der Waals surface area contributed by atoms with Crippen LogP contribution in [0.2, 0.25) is 0 Å². The number of carbonyl (C=O) groups is 1. The lowest BCUT2D eigenvalue weighted by Crippen LogP contribution is -1.86. The number of nitrogens with zero attached hydrogens (tertiary/aromatic N) is 1. The minimum absolute atomic E-state index is 0.147. The van der Waals surface area contributed by atoms with E-state index < -0.39 is 0 Å². The molecule has 0 unspecified atom stereocenters. The van der Waals surface area contributed by atoms with Gasteiger partial charge in [0.05, 0.1) is 5.52 Å². The summed E-state index contributed by atoms with van der Waals surface area (Å²) in [6.07, 6.45) is 2.32. The van der Waals surface area contributed by atoms with Gasteiger partial charge >= 0.3 is 0 Å². The van der Waals surface area contributed by atoms with Crippen molar-refractivity contribution in [1.29, 1.82) is 0 Å². The number of phenols is 1. The molecule has 0 amide bonds. The average molecular weight is 173 g/mol. The second kappa shape index (κ2) is 2.86. The largest absolute Gasteiger partial charge is 0.507 e. The zero-order valence-electron chi connectivity index (χ0n) is 6.77. The third-order valence-electron chi connectivity index (χ3n) is 1.90. The molecular weight excluding hydrogens is 166 g/mol. The summed E-state index contributed by atoms with van der Waals surface area (Å²) in [6.45, 7) is 0. The Bertz CT molecular complexity index is 465. The minimum Gasteiger partial charge on any atom is -0.507 e. The van der Waals surface area contributed by atoms with Crippen molar-refractivity contribution in [3.63, 3.8) is 0 Å². The molecule has 64 valence electrons. The van der Waals surface area contributed by atoms with E-state index >= 15 is 0 Å². The molecule has 1 aromatic heterocycles. The Hall–Kier alpha value is -1.90. The number of carbonyl (C=O) groups excluding carboxylic acids is 1. The molecule has 0 aliphatic rings. The van der Waals surface area contributed by atoms with E-state index in [1.807, 2.05) is 0 Å². The number of rotatable bonds is 1. The fourth-order valence-corrected chi connectivity index (χ4v) is 1.27. The summed E-state index contributed by atoms with van der Waals surface area (Å²) in [6, 6.07) is 6.49. The summed E-state index contributed by atoms with van der Waals surface area (Å²) < 4.78 is 0. The van der Waals surface area contributed by atoms with E-state index in [2.05, 4.69) is 4.98 Å². The van der Waals surface area contributed by atoms with Crippen molar-refractivity contribution in [3.8, 4) is 5.75 Å². The van der Waals surface area contributed by atoms with Crippen LogP contribution < -0.4 is 0 Å². The molecule has 0 bridgehead atoms. The SMILES string of the molecule is O=Cc1ccc(O)c2cccnc12. The second-order valence-electron chi connectivity index (χ2n) is 2.69. The average Bonchev–Trinajstić information content (AvgIpc) is 2.19. The maximum Gasteiger partial charge on any atom is 0.152 e. The van der Waals surface area contributed by atoms with Crippen LogP contribution in [0.25, 0.3) is 10.9 Å². The van der Waals surface area contributed by atoms with Crippen LogP contribution in [0.1, 0.15) is 10.4 Å². The number of pyridine rings is 1. The van der Waals surface area contributed by atoms with Crippen molar-refractivity contribution >= 4 is 17.2 Å². The Morgan fingerprint density at radius 2 is 2.15 bits per heavy atom. The first-order chi connectivity index (χ1) is 6.33. The Kier molecular flexibility index (Phi) is 1.70. The normalized spacial score (nSPS) is 10.2. The summed E-state index contributed by atoms with van der Waals surface area (Å²) in [5.74, 6) is 0.147. The third-order valence-corrected chi connectivity index (χ3v) is 1.90. The number of fused-ring (bicyclic) bond motifs is 1. The summed E-state index contributed by atoms with van der Waals surface area (Å²) in [5.41, 5.74) is 1.03. The van der Waals surface area contributed by atoms with E-state index in [0.29, 0.717) is 16.5 Å². The van der Waals surface area contributed by atoms with Crippen molar-refractivity contribution in [1.82, 2.24) is 4.98 Å². The molecule has 0 saturated carbocycles. The van der Waals surface area contributed by atoms with Gasteiger partial charge in [-0.1, -0.05) is 0 Å². The molecular formula is C10H7NO2. The van der Waals surface area contributed by atoms with Crippen molar-refractivity contribution < 1.29 is 9.90 Å². The predicted octanol–water partition coefficient (Wildman–Crippen LogP) is 1.75. The molecule has 1 heterocycles. The van der Waals surface area contributed by atoms with Crippen LogP contribution >= 0.6 is 0 Å². The highest BCUT2D eigenvalue weighted by Gasteiger charge is 2.03. The summed E-state index contributed by atoms with van der Waals surface area (Å²) in [4.78, 5) is 14.6. The maximum atomic E-state index is 10.6. The van der Waals surface area contributed by atoms with Crippen LogP contribution in [0.3, 0.4) is 0 Å². The quantitative estimate of drug-likeness (QED) is 0.668. The van der Waals surface area contributed by atoms with Crippen LogP contribution in [0.4, 0.5) is 0 Å². The molecule has 0 spiro atoms. The molecule has 2 rings (SSSR count). The molecule has 13 heavy (non-hydrogen) atoms. The Labute approximate surface area is 74.7 Å². The van der Waals surface area contributed by atoms with Crippen LogP contribution in [-0.2, 0) is 0 Å². The molecule has 1 aromatic carbocycles. The van der Waals surface area contributed by atoms with Gasteiger partial charge in [0.2, 0.25) is 0 Å². The molecule has 0 radical (unpaired) electrons. The summed E-state index contributed by atoms with van der Waals surface area (Å²) >= 11 is 0. The number of aromatic hydroxyl groups is 1. The number of hydrogen-bond donors (Lipinski definition) is 1. The Morgan fingerprint density at radius 3 is 2.92 bits per heavy atom. The number of aldehydes is 1. The van der Waals surface area contributed by atoms with E-state index in [1.165, 1.54) is 6.07 Å². The molecule has 0 aliphatic carbocycles. The predicted molar refractivity (Wildman–Crippen MR) is 48.8 cm³/mol. The second-order valence-corrected chi connectivity index (χ2v) is 2.69. The first-order valence-corrected chi connectivity index (χ1v) is 3.85. The molecule has 2 aromatic rings. The van der Waals surface area contributed by atoms with E-state index in [0.717, 1.165) is 6.29 Å². The van der Waals surface area contributed by atoms with Gasteiger partial charge in [-0.15, -0.1) is 0 Å². The van der Waals surface area contributed by atoms with Gasteiger partial charge in [-0.2, -0.15) is 0 Å². The van der Waals surface area contributed by atoms with Gasteiger partial charge in [0, 0.05) is 17.1 Å². The van der Waals surface area contributed by atoms with Crippen molar-refractivity contribution in [3.05, 3.63) is 36.0 Å². The molecule has 3 heteroatoms. The van der Waals surface area contributed by atoms with E-state index in [1.54, 1.807) is 24.4 Å². The highest BCUT2D eigenvalue weighted by molar-refractivity contribution is 5.98. The van der Waals surface area contributed by atoms with Gasteiger partial charge in [-0.05, 0) is 24.3 Å². The third kappa shape index (κ3) is 1.14. The minimum atomic E-state index is 0.147. The van der Waals surface area contributed by atoms with Crippen molar-refractivity contribution in [2.45, 2.75) is 0 Å². The summed E-state index contributed by atoms with van der Waals surface area (Å²) in [5, 5.41) is 10.0. The van der Waals surface area contributed by atoms with E-state index in [4.69, 9.17) is 0 Å². The topological polar surface area (TPSA) is 50.2 Å². The molecule has 1 N–H and O–H groups in total. The van der Waals surface area contributed by atoms with Gasteiger partial charge in [-0.3, -0.25) is 9.78 Å². The number of aromatic nitrogens is 1. The Morgan fingerprint density at radius 1 is 1.31 bits per heavy atom. The monoisotopic (exact) mass is 173 g/mol. The highest BCUT2D eigenvalue weighted by atomic mass is 16.3. The smallest absolute Gasteiger partial charge is 0.152 e. The van der Waals surface area contributed by atoms with Crippen LogP contribution in [-0.4, -0.2) is 16.4 Å². The van der Waals surface area contributed by atoms with Gasteiger partial charge in [0.25, 0.3) is 0 Å². The lowest BCUT2D eigenvalue weighted by atomic mass is 10.1. The lowest BCUT2D eigenvalue weighted by molar-refractivity contribution is 0.112. The summed E-state index contributed by atoms with van der Waals surface area (Å²) in [7, 11) is 0. The van der Waals surface area contributed by atoms with Crippen LogP contribution in [0.5, 0.6) is 5.75 Å². The maximum absolute atomic E-state index is 10.6. The zero-order chi connectivity index (χ0) is 9.26. The molecule has 3 nitrogen and oxygen atoms in total. The zero-order valence-corrected chi connectivity index (χ0v) is 6.77. The van der Waals surface area contributed by atoms with Gasteiger partial charge in [0.15, 0.2) is 6.29 Å². The van der Waals surface area contributed by atoms with Gasteiger partial charge in [-0.25, -0.2) is 0 Å². The molecule has 0 fully saturated rings. The first kappa shape index (κ1) is 7.73. The van der Waals surface area contributed by atoms with E-state index in [9.17, 15) is 9.90 Å². The molecule has 0 saturated heterocycles. The van der Waals surface area contributed by atoms with Crippen molar-refractivity contribution in [2.24, 2.45) is 0 Å². The van der Waals surface area contributed by atoms with E-state index in [-0.39, 0.29) is 5.75 Å². The molecule has 0 aliphatic heterocycles. The number of benzene rings is 1. The first-order valence-electron chi connectivity index (χ1n) is 3.85.